The lowest BCUT2D eigenvalue weighted by Crippen LogP contribution is -2.74. The molecule has 0 aliphatic rings. The minimum atomic E-state index is -2.79. The number of rotatable bonds is 6. The van der Waals surface area contributed by atoms with Gasteiger partial charge in [0, 0.05) is 16.5 Å². The van der Waals surface area contributed by atoms with Crippen LogP contribution in [0.1, 0.15) is 11.1 Å². The number of aromatic nitrogens is 1. The maximum Gasteiger partial charge on any atom is 0.179 e. The first-order chi connectivity index (χ1) is 23.7. The molecular formula is C44H29N3Si. The summed E-state index contributed by atoms with van der Waals surface area (Å²) in [5, 5.41) is 26.5. The van der Waals surface area contributed by atoms with Crippen LogP contribution in [0.25, 0.3) is 38.6 Å². The lowest BCUT2D eigenvalue weighted by atomic mass is 10.1. The molecule has 0 saturated carbocycles. The van der Waals surface area contributed by atoms with Gasteiger partial charge in [-0.15, -0.1) is 0 Å². The van der Waals surface area contributed by atoms with Crippen LogP contribution in [0.15, 0.2) is 176 Å². The van der Waals surface area contributed by atoms with Gasteiger partial charge in [-0.25, -0.2) is 0 Å². The summed E-state index contributed by atoms with van der Waals surface area (Å²) in [6.07, 6.45) is 0. The molecule has 8 rings (SSSR count). The monoisotopic (exact) mass is 627 g/mol. The Labute approximate surface area is 280 Å². The number of benzene rings is 7. The Morgan fingerprint density at radius 1 is 0.396 bits per heavy atom. The Kier molecular flexibility index (Phi) is 7.27. The van der Waals surface area contributed by atoms with Gasteiger partial charge >= 0.3 is 0 Å². The van der Waals surface area contributed by atoms with E-state index in [1.54, 1.807) is 0 Å². The van der Waals surface area contributed by atoms with Crippen LogP contribution in [0.4, 0.5) is 0 Å². The van der Waals surface area contributed by atoms with Gasteiger partial charge in [-0.2, -0.15) is 10.5 Å². The summed E-state index contributed by atoms with van der Waals surface area (Å²) in [6.45, 7) is 0. The Balaban J connectivity index is 1.34. The number of fused-ring (bicyclic) bond motifs is 3. The first kappa shape index (κ1) is 29.0. The summed E-state index contributed by atoms with van der Waals surface area (Å²) in [7, 11) is -2.79. The molecule has 0 radical (unpaired) electrons. The summed E-state index contributed by atoms with van der Waals surface area (Å²) in [5.41, 5.74) is 6.81. The molecule has 8 aromatic rings. The van der Waals surface area contributed by atoms with Crippen molar-refractivity contribution in [3.8, 4) is 29.0 Å². The molecule has 48 heavy (non-hydrogen) atoms. The van der Waals surface area contributed by atoms with Gasteiger partial charge < -0.3 is 4.57 Å². The molecule has 3 nitrogen and oxygen atoms in total. The molecule has 0 unspecified atom stereocenters. The van der Waals surface area contributed by atoms with Crippen molar-refractivity contribution in [3.63, 3.8) is 0 Å². The van der Waals surface area contributed by atoms with Crippen molar-refractivity contribution in [2.75, 3.05) is 0 Å². The van der Waals surface area contributed by atoms with Gasteiger partial charge in [0.1, 0.15) is 0 Å². The van der Waals surface area contributed by atoms with E-state index in [4.69, 9.17) is 0 Å². The lowest BCUT2D eigenvalue weighted by molar-refractivity contribution is 1.18. The third-order valence-electron chi connectivity index (χ3n) is 9.40. The second-order valence-electron chi connectivity index (χ2n) is 12.0. The van der Waals surface area contributed by atoms with Crippen LogP contribution in [0.2, 0.25) is 0 Å². The summed E-state index contributed by atoms with van der Waals surface area (Å²) in [6, 6.07) is 66.5. The predicted octanol–water partition coefficient (Wildman–Crippen LogP) is 7.57. The summed E-state index contributed by atoms with van der Waals surface area (Å²) in [5.74, 6) is 0. The fourth-order valence-corrected chi connectivity index (χ4v) is 12.0. The number of nitriles is 2. The third kappa shape index (κ3) is 4.72. The topological polar surface area (TPSA) is 52.5 Å². The molecule has 0 fully saturated rings. The lowest BCUT2D eigenvalue weighted by Gasteiger charge is -2.34. The maximum absolute atomic E-state index is 9.62. The molecule has 1 heterocycles. The molecule has 0 bridgehead atoms. The predicted molar refractivity (Wildman–Crippen MR) is 199 cm³/mol. The zero-order valence-electron chi connectivity index (χ0n) is 26.1. The van der Waals surface area contributed by atoms with E-state index in [1.165, 1.54) is 20.7 Å². The van der Waals surface area contributed by atoms with Crippen molar-refractivity contribution in [3.05, 3.63) is 187 Å². The van der Waals surface area contributed by atoms with Crippen molar-refractivity contribution in [2.45, 2.75) is 0 Å². The van der Waals surface area contributed by atoms with E-state index in [1.807, 2.05) is 24.3 Å². The van der Waals surface area contributed by atoms with Gasteiger partial charge in [0.2, 0.25) is 0 Å². The van der Waals surface area contributed by atoms with Crippen molar-refractivity contribution >= 4 is 50.6 Å². The van der Waals surface area contributed by atoms with E-state index in [-0.39, 0.29) is 0 Å². The minimum Gasteiger partial charge on any atom is -0.309 e. The Morgan fingerprint density at radius 2 is 0.938 bits per heavy atom. The number of para-hydroxylation sites is 1. The second kappa shape index (κ2) is 12.0. The van der Waals surface area contributed by atoms with Crippen molar-refractivity contribution in [2.24, 2.45) is 0 Å². The zero-order chi connectivity index (χ0) is 32.5. The standard InChI is InChI=1S/C44H29N3Si/c45-30-32-21-24-39(25-22-32)48(37-14-3-1-4-15-37,38-16-5-2-6-17-38)40-18-10-12-35(29-40)34-11-9-13-36(28-34)47-43-20-8-7-19-41(43)42-27-33(31-46)23-26-44(42)47/h1-29H. The molecule has 0 N–H and O–H groups in total. The van der Waals surface area contributed by atoms with Crippen molar-refractivity contribution in [1.82, 2.24) is 4.57 Å². The highest BCUT2D eigenvalue weighted by molar-refractivity contribution is 7.19. The van der Waals surface area contributed by atoms with E-state index in [2.05, 4.69) is 168 Å². The first-order valence-corrected chi connectivity index (χ1v) is 18.0. The van der Waals surface area contributed by atoms with E-state index >= 15 is 0 Å². The molecule has 4 heteroatoms. The van der Waals surface area contributed by atoms with Crippen molar-refractivity contribution < 1.29 is 0 Å². The van der Waals surface area contributed by atoms with Gasteiger partial charge in [0.25, 0.3) is 0 Å². The van der Waals surface area contributed by atoms with E-state index in [9.17, 15) is 10.5 Å². The highest BCUT2D eigenvalue weighted by Crippen LogP contribution is 2.34. The Morgan fingerprint density at radius 3 is 1.62 bits per heavy atom. The van der Waals surface area contributed by atoms with Gasteiger partial charge in [-0.3, -0.25) is 0 Å². The minimum absolute atomic E-state index is 0.655. The van der Waals surface area contributed by atoms with Crippen LogP contribution < -0.4 is 20.7 Å². The largest absolute Gasteiger partial charge is 0.309 e. The quantitative estimate of drug-likeness (QED) is 0.141. The van der Waals surface area contributed by atoms with Gasteiger partial charge in [0.15, 0.2) is 8.07 Å². The molecule has 0 amide bonds. The maximum atomic E-state index is 9.62. The molecule has 0 saturated heterocycles. The van der Waals surface area contributed by atoms with Gasteiger partial charge in [0.05, 0.1) is 34.3 Å². The van der Waals surface area contributed by atoms with Crippen LogP contribution in [-0.4, -0.2) is 12.6 Å². The number of hydrogen-bond acceptors (Lipinski definition) is 2. The molecule has 0 aliphatic carbocycles. The van der Waals surface area contributed by atoms with E-state index in [0.717, 1.165) is 38.6 Å². The van der Waals surface area contributed by atoms with Crippen LogP contribution >= 0.6 is 0 Å². The molecule has 0 spiro atoms. The number of hydrogen-bond donors (Lipinski definition) is 0. The van der Waals surface area contributed by atoms with Gasteiger partial charge in [-0.1, -0.05) is 127 Å². The normalized spacial score (nSPS) is 11.3. The van der Waals surface area contributed by atoms with Gasteiger partial charge in [-0.05, 0) is 80.4 Å². The third-order valence-corrected chi connectivity index (χ3v) is 14.2. The smallest absolute Gasteiger partial charge is 0.179 e. The molecule has 0 aliphatic heterocycles. The van der Waals surface area contributed by atoms with Crippen LogP contribution in [0.5, 0.6) is 0 Å². The van der Waals surface area contributed by atoms with Crippen LogP contribution in [0, 0.1) is 22.7 Å². The average Bonchev–Trinajstić information content (AvgIpc) is 3.50. The summed E-state index contributed by atoms with van der Waals surface area (Å²) < 4.78 is 2.29. The second-order valence-corrected chi connectivity index (χ2v) is 15.8. The van der Waals surface area contributed by atoms with Crippen LogP contribution in [-0.2, 0) is 0 Å². The fourth-order valence-electron chi connectivity index (χ4n) is 7.25. The summed E-state index contributed by atoms with van der Waals surface area (Å²) in [4.78, 5) is 0. The Bertz CT molecular complexity index is 2480. The molecule has 7 aromatic carbocycles. The molecular weight excluding hydrogens is 599 g/mol. The highest BCUT2D eigenvalue weighted by Gasteiger charge is 2.41. The zero-order valence-corrected chi connectivity index (χ0v) is 27.1. The fraction of sp³-hybridized carbons (Fsp3) is 0. The SMILES string of the molecule is N#Cc1ccc([Si](c2ccccc2)(c2ccccc2)c2cccc(-c3cccc(-n4c5ccccc5c5cc(C#N)ccc54)c3)c2)cc1. The molecule has 224 valence electrons. The van der Waals surface area contributed by atoms with Crippen molar-refractivity contribution in [1.29, 1.82) is 10.5 Å². The molecule has 0 atom stereocenters. The van der Waals surface area contributed by atoms with Crippen LogP contribution in [0.3, 0.4) is 0 Å². The average molecular weight is 628 g/mol. The van der Waals surface area contributed by atoms with E-state index < -0.39 is 8.07 Å². The first-order valence-electron chi connectivity index (χ1n) is 16.0. The molecule has 1 aromatic heterocycles. The highest BCUT2D eigenvalue weighted by atomic mass is 28.3. The number of nitrogens with zero attached hydrogens (tertiary/aromatic N) is 3. The summed E-state index contributed by atoms with van der Waals surface area (Å²) >= 11 is 0. The van der Waals surface area contributed by atoms with E-state index in [0.29, 0.717) is 11.1 Å². The Hall–Kier alpha value is -6.46.